The van der Waals surface area contributed by atoms with Crippen LogP contribution in [0.3, 0.4) is 0 Å². The molecule has 0 unspecified atom stereocenters. The lowest BCUT2D eigenvalue weighted by molar-refractivity contribution is 1.29. The van der Waals surface area contributed by atoms with Crippen LogP contribution in [0.1, 0.15) is 0 Å². The molecule has 62 heavy (non-hydrogen) atoms. The number of thiophene rings is 1. The van der Waals surface area contributed by atoms with Crippen LogP contribution in [0, 0.1) is 0 Å². The zero-order valence-corrected chi connectivity index (χ0v) is 34.8. The molecule has 11 aromatic rings. The summed E-state index contributed by atoms with van der Waals surface area (Å²) in [5.74, 6) is 0. The molecule has 1 aromatic heterocycles. The standard InChI is InChI=1S/C60H41NS/c1-4-18-42(19-5-1)46-38-47(43-20-6-2-7-21-43)40-48(39-46)44-32-34-49(35-33-44)61(50-36-37-57-56-29-15-17-31-59(56)62-60(57)41-50)58-30-16-14-28-55(58)54-27-13-12-26-53(54)52-25-11-10-24-51(52)45-22-8-3-9-23-45/h1-41H. The van der Waals surface area contributed by atoms with Gasteiger partial charge in [-0.1, -0.05) is 194 Å². The molecule has 0 amide bonds. The van der Waals surface area contributed by atoms with E-state index in [0.29, 0.717) is 0 Å². The summed E-state index contributed by atoms with van der Waals surface area (Å²) in [5, 5.41) is 2.59. The van der Waals surface area contributed by atoms with Crippen molar-refractivity contribution in [2.45, 2.75) is 0 Å². The van der Waals surface area contributed by atoms with Gasteiger partial charge in [0.2, 0.25) is 0 Å². The normalized spacial score (nSPS) is 11.2. The molecule has 1 nitrogen and oxygen atoms in total. The molecule has 2 heteroatoms. The van der Waals surface area contributed by atoms with Crippen molar-refractivity contribution in [3.05, 3.63) is 249 Å². The van der Waals surface area contributed by atoms with E-state index in [1.807, 2.05) is 11.3 Å². The van der Waals surface area contributed by atoms with Crippen LogP contribution in [-0.4, -0.2) is 0 Å². The zero-order valence-electron chi connectivity index (χ0n) is 34.0. The largest absolute Gasteiger partial charge is 0.310 e. The SMILES string of the molecule is c1ccc(-c2cc(-c3ccccc3)cc(-c3ccc(N(c4ccc5c(c4)sc4ccccc45)c4ccccc4-c4ccccc4-c4ccccc4-c4ccccc4)cc3)c2)cc1. The summed E-state index contributed by atoms with van der Waals surface area (Å²) >= 11 is 1.86. The van der Waals surface area contributed by atoms with Gasteiger partial charge in [-0.3, -0.25) is 0 Å². The Kier molecular flexibility index (Phi) is 9.82. The third-order valence-electron chi connectivity index (χ3n) is 11.9. The first-order valence-corrected chi connectivity index (χ1v) is 22.0. The number of benzene rings is 10. The monoisotopic (exact) mass is 807 g/mol. The second-order valence-corrected chi connectivity index (χ2v) is 16.8. The molecule has 0 N–H and O–H groups in total. The maximum atomic E-state index is 2.44. The quantitative estimate of drug-likeness (QED) is 0.140. The van der Waals surface area contributed by atoms with Crippen molar-refractivity contribution in [1.29, 1.82) is 0 Å². The van der Waals surface area contributed by atoms with E-state index in [1.165, 1.54) is 81.4 Å². The van der Waals surface area contributed by atoms with Crippen molar-refractivity contribution >= 4 is 48.6 Å². The van der Waals surface area contributed by atoms with E-state index in [9.17, 15) is 0 Å². The highest BCUT2D eigenvalue weighted by Gasteiger charge is 2.21. The van der Waals surface area contributed by atoms with Crippen molar-refractivity contribution in [3.8, 4) is 66.8 Å². The van der Waals surface area contributed by atoms with Crippen LogP contribution in [0.5, 0.6) is 0 Å². The number of hydrogen-bond donors (Lipinski definition) is 0. The highest BCUT2D eigenvalue weighted by Crippen LogP contribution is 2.47. The molecular weight excluding hydrogens is 767 g/mol. The van der Waals surface area contributed by atoms with Crippen molar-refractivity contribution in [2.75, 3.05) is 4.90 Å². The van der Waals surface area contributed by atoms with Crippen LogP contribution in [0.2, 0.25) is 0 Å². The molecular formula is C60H41NS. The maximum Gasteiger partial charge on any atom is 0.0540 e. The second kappa shape index (κ2) is 16.3. The summed E-state index contributed by atoms with van der Waals surface area (Å²) in [7, 11) is 0. The summed E-state index contributed by atoms with van der Waals surface area (Å²) in [4.78, 5) is 2.44. The van der Waals surface area contributed by atoms with E-state index < -0.39 is 0 Å². The Morgan fingerprint density at radius 2 is 0.661 bits per heavy atom. The number of para-hydroxylation sites is 1. The molecule has 1 heterocycles. The first-order valence-electron chi connectivity index (χ1n) is 21.2. The molecule has 0 spiro atoms. The second-order valence-electron chi connectivity index (χ2n) is 15.7. The molecule has 0 saturated heterocycles. The average Bonchev–Trinajstić information content (AvgIpc) is 3.73. The van der Waals surface area contributed by atoms with Gasteiger partial charge < -0.3 is 4.90 Å². The molecule has 292 valence electrons. The van der Waals surface area contributed by atoms with Crippen molar-refractivity contribution in [1.82, 2.24) is 0 Å². The molecule has 0 aliphatic carbocycles. The Hall–Kier alpha value is -7.78. The first-order chi connectivity index (χ1) is 30.7. The van der Waals surface area contributed by atoms with E-state index >= 15 is 0 Å². The van der Waals surface area contributed by atoms with Gasteiger partial charge in [0.15, 0.2) is 0 Å². The highest BCUT2D eigenvalue weighted by molar-refractivity contribution is 7.25. The van der Waals surface area contributed by atoms with E-state index in [2.05, 4.69) is 254 Å². The zero-order chi connectivity index (χ0) is 41.2. The van der Waals surface area contributed by atoms with Gasteiger partial charge in [-0.15, -0.1) is 11.3 Å². The summed E-state index contributed by atoms with van der Waals surface area (Å²) in [6.45, 7) is 0. The van der Waals surface area contributed by atoms with Gasteiger partial charge in [-0.2, -0.15) is 0 Å². The van der Waals surface area contributed by atoms with Gasteiger partial charge in [0.1, 0.15) is 0 Å². The predicted octanol–water partition coefficient (Wildman–Crippen LogP) is 17.5. The molecule has 0 fully saturated rings. The van der Waals surface area contributed by atoms with Gasteiger partial charge in [0, 0.05) is 37.1 Å². The smallest absolute Gasteiger partial charge is 0.0540 e. The third-order valence-corrected chi connectivity index (χ3v) is 13.0. The fraction of sp³-hybridized carbons (Fsp3) is 0. The minimum Gasteiger partial charge on any atom is -0.310 e. The first kappa shape index (κ1) is 37.2. The Bertz CT molecular complexity index is 3270. The van der Waals surface area contributed by atoms with Crippen LogP contribution < -0.4 is 4.90 Å². The Labute approximate surface area is 367 Å². The van der Waals surface area contributed by atoms with Crippen molar-refractivity contribution in [3.63, 3.8) is 0 Å². The van der Waals surface area contributed by atoms with Crippen molar-refractivity contribution < 1.29 is 0 Å². The van der Waals surface area contributed by atoms with Crippen LogP contribution >= 0.6 is 11.3 Å². The van der Waals surface area contributed by atoms with E-state index in [4.69, 9.17) is 0 Å². The van der Waals surface area contributed by atoms with E-state index in [-0.39, 0.29) is 0 Å². The summed E-state index contributed by atoms with van der Waals surface area (Å²) in [5.41, 5.74) is 17.6. The number of fused-ring (bicyclic) bond motifs is 3. The predicted molar refractivity (Wildman–Crippen MR) is 267 cm³/mol. The number of nitrogens with zero attached hydrogens (tertiary/aromatic N) is 1. The molecule has 0 atom stereocenters. The van der Waals surface area contributed by atoms with Gasteiger partial charge in [0.05, 0.1) is 5.69 Å². The van der Waals surface area contributed by atoms with Crippen LogP contribution in [0.4, 0.5) is 17.1 Å². The van der Waals surface area contributed by atoms with Crippen molar-refractivity contribution in [2.24, 2.45) is 0 Å². The Morgan fingerprint density at radius 3 is 1.27 bits per heavy atom. The number of anilines is 3. The number of hydrogen-bond acceptors (Lipinski definition) is 2. The van der Waals surface area contributed by atoms with Gasteiger partial charge in [-0.05, 0) is 116 Å². The Morgan fingerprint density at radius 1 is 0.242 bits per heavy atom. The fourth-order valence-corrected chi connectivity index (χ4v) is 10.0. The van der Waals surface area contributed by atoms with Gasteiger partial charge in [-0.25, -0.2) is 0 Å². The molecule has 0 radical (unpaired) electrons. The highest BCUT2D eigenvalue weighted by atomic mass is 32.1. The topological polar surface area (TPSA) is 3.24 Å². The minimum absolute atomic E-state index is 1.09. The fourth-order valence-electron chi connectivity index (χ4n) is 8.91. The van der Waals surface area contributed by atoms with Crippen LogP contribution in [0.15, 0.2) is 249 Å². The van der Waals surface area contributed by atoms with E-state index in [0.717, 1.165) is 22.6 Å². The lowest BCUT2D eigenvalue weighted by Crippen LogP contribution is -2.11. The maximum absolute atomic E-state index is 2.44. The molecule has 10 aromatic carbocycles. The average molecular weight is 808 g/mol. The van der Waals surface area contributed by atoms with E-state index in [1.54, 1.807) is 0 Å². The summed E-state index contributed by atoms with van der Waals surface area (Å²) < 4.78 is 2.57. The molecule has 0 bridgehead atoms. The minimum atomic E-state index is 1.09. The summed E-state index contributed by atoms with van der Waals surface area (Å²) in [6, 6.07) is 90.4. The molecule has 11 rings (SSSR count). The lowest BCUT2D eigenvalue weighted by atomic mass is 9.88. The molecule has 0 saturated carbocycles. The number of rotatable bonds is 9. The summed E-state index contributed by atoms with van der Waals surface area (Å²) in [6.07, 6.45) is 0. The molecule has 0 aliphatic heterocycles. The van der Waals surface area contributed by atoms with Gasteiger partial charge >= 0.3 is 0 Å². The lowest BCUT2D eigenvalue weighted by Gasteiger charge is -2.29. The third kappa shape index (κ3) is 7.07. The van der Waals surface area contributed by atoms with Crippen LogP contribution in [-0.2, 0) is 0 Å². The molecule has 0 aliphatic rings. The Balaban J connectivity index is 1.08. The van der Waals surface area contributed by atoms with Gasteiger partial charge in [0.25, 0.3) is 0 Å². The van der Waals surface area contributed by atoms with Crippen LogP contribution in [0.25, 0.3) is 86.9 Å².